The van der Waals surface area contributed by atoms with Gasteiger partial charge in [-0.3, -0.25) is 4.79 Å². The van der Waals surface area contributed by atoms with Crippen LogP contribution >= 0.6 is 0 Å². The SMILES string of the molecule is COc1cc(C(=O)O)ccc1NC(=O)CCCOCc1ccccc1. The third-order valence-electron chi connectivity index (χ3n) is 3.53. The summed E-state index contributed by atoms with van der Waals surface area (Å²) in [5.41, 5.74) is 1.64. The Balaban J connectivity index is 1.75. The summed E-state index contributed by atoms with van der Waals surface area (Å²) >= 11 is 0. The van der Waals surface area contributed by atoms with E-state index < -0.39 is 5.97 Å². The molecule has 0 aliphatic heterocycles. The topological polar surface area (TPSA) is 84.9 Å². The van der Waals surface area contributed by atoms with Crippen LogP contribution in [-0.2, 0) is 16.1 Å². The van der Waals surface area contributed by atoms with Crippen molar-refractivity contribution in [3.63, 3.8) is 0 Å². The summed E-state index contributed by atoms with van der Waals surface area (Å²) in [4.78, 5) is 22.9. The highest BCUT2D eigenvalue weighted by atomic mass is 16.5. The van der Waals surface area contributed by atoms with Crippen LogP contribution in [0.1, 0.15) is 28.8 Å². The van der Waals surface area contributed by atoms with Crippen molar-refractivity contribution >= 4 is 17.6 Å². The molecule has 132 valence electrons. The molecule has 0 spiro atoms. The van der Waals surface area contributed by atoms with Gasteiger partial charge in [-0.25, -0.2) is 4.79 Å². The second kappa shape index (κ2) is 9.44. The lowest BCUT2D eigenvalue weighted by atomic mass is 10.2. The second-order valence-corrected chi connectivity index (χ2v) is 5.41. The van der Waals surface area contributed by atoms with Gasteiger partial charge in [-0.05, 0) is 30.2 Å². The summed E-state index contributed by atoms with van der Waals surface area (Å²) in [6.45, 7) is 1.00. The van der Waals surface area contributed by atoms with E-state index in [4.69, 9.17) is 14.6 Å². The molecule has 0 atom stereocenters. The monoisotopic (exact) mass is 343 g/mol. The van der Waals surface area contributed by atoms with Gasteiger partial charge in [-0.15, -0.1) is 0 Å². The number of methoxy groups -OCH3 is 1. The van der Waals surface area contributed by atoms with Crippen LogP contribution in [0, 0.1) is 0 Å². The fourth-order valence-corrected chi connectivity index (χ4v) is 2.24. The normalized spacial score (nSPS) is 10.3. The van der Waals surface area contributed by atoms with Crippen LogP contribution in [-0.4, -0.2) is 30.7 Å². The Morgan fingerprint density at radius 3 is 2.56 bits per heavy atom. The maximum atomic E-state index is 12.0. The number of carboxylic acid groups (broad SMARTS) is 1. The molecule has 6 heteroatoms. The van der Waals surface area contributed by atoms with E-state index in [-0.39, 0.29) is 11.5 Å². The molecule has 0 saturated carbocycles. The Bertz CT molecular complexity index is 715. The molecule has 2 rings (SSSR count). The molecule has 25 heavy (non-hydrogen) atoms. The lowest BCUT2D eigenvalue weighted by Crippen LogP contribution is -2.13. The van der Waals surface area contributed by atoms with E-state index >= 15 is 0 Å². The number of anilines is 1. The number of aromatic carboxylic acids is 1. The van der Waals surface area contributed by atoms with Crippen molar-refractivity contribution in [2.24, 2.45) is 0 Å². The van der Waals surface area contributed by atoms with E-state index in [0.29, 0.717) is 37.5 Å². The average molecular weight is 343 g/mol. The average Bonchev–Trinajstić information content (AvgIpc) is 2.62. The van der Waals surface area contributed by atoms with Crippen molar-refractivity contribution in [1.29, 1.82) is 0 Å². The second-order valence-electron chi connectivity index (χ2n) is 5.41. The van der Waals surface area contributed by atoms with E-state index in [0.717, 1.165) is 5.56 Å². The Hall–Kier alpha value is -2.86. The fraction of sp³-hybridized carbons (Fsp3) is 0.263. The van der Waals surface area contributed by atoms with Crippen molar-refractivity contribution in [1.82, 2.24) is 0 Å². The molecule has 0 fully saturated rings. The highest BCUT2D eigenvalue weighted by Gasteiger charge is 2.11. The minimum atomic E-state index is -1.05. The molecular weight excluding hydrogens is 322 g/mol. The van der Waals surface area contributed by atoms with Gasteiger partial charge in [0.05, 0.1) is 25.0 Å². The number of benzene rings is 2. The number of hydrogen-bond donors (Lipinski definition) is 2. The lowest BCUT2D eigenvalue weighted by molar-refractivity contribution is -0.116. The number of ether oxygens (including phenoxy) is 2. The Morgan fingerprint density at radius 1 is 1.12 bits per heavy atom. The van der Waals surface area contributed by atoms with Gasteiger partial charge >= 0.3 is 5.97 Å². The molecule has 0 saturated heterocycles. The highest BCUT2D eigenvalue weighted by molar-refractivity contribution is 5.94. The van der Waals surface area contributed by atoms with Crippen molar-refractivity contribution in [2.75, 3.05) is 19.0 Å². The van der Waals surface area contributed by atoms with Crippen LogP contribution in [0.3, 0.4) is 0 Å². The third-order valence-corrected chi connectivity index (χ3v) is 3.53. The molecule has 0 unspecified atom stereocenters. The quantitative estimate of drug-likeness (QED) is 0.682. The minimum absolute atomic E-state index is 0.101. The van der Waals surface area contributed by atoms with E-state index in [9.17, 15) is 9.59 Å². The molecule has 2 aromatic rings. The van der Waals surface area contributed by atoms with Gasteiger partial charge in [0, 0.05) is 13.0 Å². The highest BCUT2D eigenvalue weighted by Crippen LogP contribution is 2.25. The first-order valence-corrected chi connectivity index (χ1v) is 7.93. The maximum absolute atomic E-state index is 12.0. The summed E-state index contributed by atoms with van der Waals surface area (Å²) in [5, 5.41) is 11.7. The number of hydrogen-bond acceptors (Lipinski definition) is 4. The number of carboxylic acids is 1. The predicted octanol–water partition coefficient (Wildman–Crippen LogP) is 3.33. The van der Waals surface area contributed by atoms with Gasteiger partial charge in [0.15, 0.2) is 0 Å². The molecule has 2 N–H and O–H groups in total. The number of nitrogens with one attached hydrogen (secondary N) is 1. The van der Waals surface area contributed by atoms with Crippen molar-refractivity contribution in [3.05, 3.63) is 59.7 Å². The molecule has 1 amide bonds. The van der Waals surface area contributed by atoms with Gasteiger partial charge in [0.25, 0.3) is 0 Å². The molecule has 2 aromatic carbocycles. The number of rotatable bonds is 9. The van der Waals surface area contributed by atoms with E-state index in [1.807, 2.05) is 30.3 Å². The summed E-state index contributed by atoms with van der Waals surface area (Å²) < 4.78 is 10.7. The molecule has 0 radical (unpaired) electrons. The molecule has 0 bridgehead atoms. The van der Waals surface area contributed by atoms with Gasteiger partial charge in [0.1, 0.15) is 5.75 Å². The molecular formula is C19H21NO5. The van der Waals surface area contributed by atoms with Gasteiger partial charge in [0.2, 0.25) is 5.91 Å². The Kier molecular flexibility index (Phi) is 6.98. The number of amides is 1. The first-order valence-electron chi connectivity index (χ1n) is 7.93. The first-order chi connectivity index (χ1) is 12.1. The summed E-state index contributed by atoms with van der Waals surface area (Å²) in [7, 11) is 1.42. The van der Waals surface area contributed by atoms with Crippen LogP contribution in [0.5, 0.6) is 5.75 Å². The minimum Gasteiger partial charge on any atom is -0.495 e. The maximum Gasteiger partial charge on any atom is 0.335 e. The Morgan fingerprint density at radius 2 is 1.88 bits per heavy atom. The van der Waals surface area contributed by atoms with Crippen LogP contribution in [0.25, 0.3) is 0 Å². The van der Waals surface area contributed by atoms with E-state index in [1.165, 1.54) is 25.3 Å². The van der Waals surface area contributed by atoms with Gasteiger partial charge in [-0.2, -0.15) is 0 Å². The Labute approximate surface area is 146 Å². The third kappa shape index (κ3) is 5.93. The molecule has 6 nitrogen and oxygen atoms in total. The largest absolute Gasteiger partial charge is 0.495 e. The van der Waals surface area contributed by atoms with Crippen LogP contribution in [0.15, 0.2) is 48.5 Å². The first kappa shape index (κ1) is 18.5. The van der Waals surface area contributed by atoms with E-state index in [2.05, 4.69) is 5.32 Å². The fourth-order valence-electron chi connectivity index (χ4n) is 2.24. The van der Waals surface area contributed by atoms with Crippen molar-refractivity contribution < 1.29 is 24.2 Å². The summed E-state index contributed by atoms with van der Waals surface area (Å²) in [6, 6.07) is 14.1. The zero-order valence-electron chi connectivity index (χ0n) is 14.0. The number of carbonyl (C=O) groups is 2. The standard InChI is InChI=1S/C19H21NO5/c1-24-17-12-15(19(22)23)9-10-16(17)20-18(21)8-5-11-25-13-14-6-3-2-4-7-14/h2-4,6-7,9-10,12H,5,8,11,13H2,1H3,(H,20,21)(H,22,23). The van der Waals surface area contributed by atoms with Crippen LogP contribution < -0.4 is 10.1 Å². The number of carbonyl (C=O) groups excluding carboxylic acids is 1. The van der Waals surface area contributed by atoms with Gasteiger partial charge < -0.3 is 19.9 Å². The van der Waals surface area contributed by atoms with E-state index in [1.54, 1.807) is 0 Å². The summed E-state index contributed by atoms with van der Waals surface area (Å²) in [5.74, 6) is -0.912. The van der Waals surface area contributed by atoms with Gasteiger partial charge in [-0.1, -0.05) is 30.3 Å². The molecule has 0 aliphatic carbocycles. The van der Waals surface area contributed by atoms with Crippen molar-refractivity contribution in [3.8, 4) is 5.75 Å². The van der Waals surface area contributed by atoms with Crippen molar-refractivity contribution in [2.45, 2.75) is 19.4 Å². The molecule has 0 aromatic heterocycles. The zero-order valence-corrected chi connectivity index (χ0v) is 14.0. The zero-order chi connectivity index (χ0) is 18.1. The van der Waals surface area contributed by atoms with Crippen LogP contribution in [0.4, 0.5) is 5.69 Å². The smallest absolute Gasteiger partial charge is 0.335 e. The molecule has 0 heterocycles. The summed E-state index contributed by atoms with van der Waals surface area (Å²) in [6.07, 6.45) is 0.896. The lowest BCUT2D eigenvalue weighted by Gasteiger charge is -2.11. The predicted molar refractivity (Wildman–Crippen MR) is 93.9 cm³/mol. The molecule has 0 aliphatic rings. The van der Waals surface area contributed by atoms with Crippen LogP contribution in [0.2, 0.25) is 0 Å².